The van der Waals surface area contributed by atoms with E-state index in [4.69, 9.17) is 10.00 Å². The number of aromatic nitrogens is 1. The van der Waals surface area contributed by atoms with Gasteiger partial charge in [-0.1, -0.05) is 0 Å². The summed E-state index contributed by atoms with van der Waals surface area (Å²) >= 11 is 0. The Bertz CT molecular complexity index is 824. The van der Waals surface area contributed by atoms with Gasteiger partial charge in [0, 0.05) is 17.8 Å². The summed E-state index contributed by atoms with van der Waals surface area (Å²) in [6, 6.07) is 9.84. The second-order valence-electron chi connectivity index (χ2n) is 5.52. The van der Waals surface area contributed by atoms with Gasteiger partial charge in [-0.3, -0.25) is 4.79 Å². The van der Waals surface area contributed by atoms with Gasteiger partial charge in [-0.05, 0) is 30.3 Å². The second kappa shape index (κ2) is 6.92. The lowest BCUT2D eigenvalue weighted by Crippen LogP contribution is -2.56. The Morgan fingerprint density at radius 2 is 1.88 bits per heavy atom. The van der Waals surface area contributed by atoms with E-state index in [0.29, 0.717) is 24.5 Å². The highest BCUT2D eigenvalue weighted by Gasteiger charge is 2.34. The molecule has 1 aliphatic heterocycles. The summed E-state index contributed by atoms with van der Waals surface area (Å²) in [5.41, 5.74) is 0.676. The van der Waals surface area contributed by atoms with Crippen LogP contribution in [0.4, 0.5) is 13.2 Å². The Kier molecular flexibility index (Phi) is 4.67. The Labute approximate surface area is 146 Å². The number of benzene rings is 1. The van der Waals surface area contributed by atoms with Crippen molar-refractivity contribution >= 4 is 5.91 Å². The fraction of sp³-hybridized carbons (Fsp3) is 0.235. The van der Waals surface area contributed by atoms with Crippen LogP contribution in [0.25, 0.3) is 0 Å². The number of carbonyl (C=O) groups is 1. The minimum atomic E-state index is -4.77. The van der Waals surface area contributed by atoms with E-state index in [1.54, 1.807) is 12.1 Å². The van der Waals surface area contributed by atoms with Crippen molar-refractivity contribution in [1.82, 2.24) is 9.88 Å². The van der Waals surface area contributed by atoms with Gasteiger partial charge >= 0.3 is 6.36 Å². The SMILES string of the molecule is N#Cc1ccc(OC2CN(C(=O)c3ccc(OC(F)(F)F)cc3)C2)nc1. The number of rotatable bonds is 4. The highest BCUT2D eigenvalue weighted by Crippen LogP contribution is 2.24. The summed E-state index contributed by atoms with van der Waals surface area (Å²) in [7, 11) is 0. The highest BCUT2D eigenvalue weighted by molar-refractivity contribution is 5.94. The molecule has 0 unspecified atom stereocenters. The maximum absolute atomic E-state index is 12.3. The first-order valence-corrected chi connectivity index (χ1v) is 7.52. The number of halogens is 3. The molecule has 134 valence electrons. The van der Waals surface area contributed by atoms with Gasteiger partial charge in [0.1, 0.15) is 17.9 Å². The average molecular weight is 363 g/mol. The van der Waals surface area contributed by atoms with Crippen molar-refractivity contribution in [3.63, 3.8) is 0 Å². The molecule has 26 heavy (non-hydrogen) atoms. The third-order valence-corrected chi connectivity index (χ3v) is 3.62. The standard InChI is InChI=1S/C17H12F3N3O3/c18-17(19,20)26-13-4-2-12(3-5-13)16(24)23-9-14(10-23)25-15-6-1-11(7-21)8-22-15/h1-6,8,14H,9-10H2. The molecule has 0 saturated carbocycles. The number of pyridine rings is 1. The number of likely N-dealkylation sites (tertiary alicyclic amines) is 1. The summed E-state index contributed by atoms with van der Waals surface area (Å²) in [6.07, 6.45) is -3.61. The molecule has 1 aromatic heterocycles. The van der Waals surface area contributed by atoms with Crippen molar-refractivity contribution in [3.05, 3.63) is 53.7 Å². The molecule has 1 aliphatic rings. The molecule has 2 heterocycles. The molecule has 2 aromatic rings. The van der Waals surface area contributed by atoms with Gasteiger partial charge < -0.3 is 14.4 Å². The van der Waals surface area contributed by atoms with Gasteiger partial charge in [0.05, 0.1) is 18.7 Å². The molecular formula is C17H12F3N3O3. The van der Waals surface area contributed by atoms with E-state index >= 15 is 0 Å². The first-order chi connectivity index (χ1) is 12.3. The lowest BCUT2D eigenvalue weighted by molar-refractivity contribution is -0.274. The van der Waals surface area contributed by atoms with Crippen molar-refractivity contribution < 1.29 is 27.4 Å². The molecule has 1 aromatic carbocycles. The van der Waals surface area contributed by atoms with Crippen LogP contribution in [-0.4, -0.2) is 41.3 Å². The Morgan fingerprint density at radius 3 is 2.42 bits per heavy atom. The van der Waals surface area contributed by atoms with Crippen molar-refractivity contribution in [2.45, 2.75) is 12.5 Å². The quantitative estimate of drug-likeness (QED) is 0.835. The Hall–Kier alpha value is -3.28. The monoisotopic (exact) mass is 363 g/mol. The van der Waals surface area contributed by atoms with Crippen molar-refractivity contribution in [3.8, 4) is 17.7 Å². The highest BCUT2D eigenvalue weighted by atomic mass is 19.4. The zero-order valence-corrected chi connectivity index (χ0v) is 13.2. The van der Waals surface area contributed by atoms with Crippen LogP contribution < -0.4 is 9.47 Å². The first kappa shape index (κ1) is 17.5. The van der Waals surface area contributed by atoms with E-state index in [-0.39, 0.29) is 23.3 Å². The molecular weight excluding hydrogens is 351 g/mol. The van der Waals surface area contributed by atoms with Gasteiger partial charge in [0.2, 0.25) is 5.88 Å². The van der Waals surface area contributed by atoms with Crippen LogP contribution in [0.3, 0.4) is 0 Å². The van der Waals surface area contributed by atoms with Crippen LogP contribution in [0.15, 0.2) is 42.6 Å². The molecule has 0 N–H and O–H groups in total. The molecule has 3 rings (SSSR count). The number of amides is 1. The van der Waals surface area contributed by atoms with Gasteiger partial charge in [0.25, 0.3) is 5.91 Å². The third kappa shape index (κ3) is 4.22. The predicted octanol–water partition coefficient (Wildman–Crippen LogP) is 2.76. The van der Waals surface area contributed by atoms with Crippen LogP contribution in [0.2, 0.25) is 0 Å². The molecule has 0 radical (unpaired) electrons. The van der Waals surface area contributed by atoms with E-state index < -0.39 is 6.36 Å². The predicted molar refractivity (Wildman–Crippen MR) is 82.4 cm³/mol. The minimum absolute atomic E-state index is 0.229. The van der Waals surface area contributed by atoms with Crippen LogP contribution in [0.5, 0.6) is 11.6 Å². The summed E-state index contributed by atoms with van der Waals surface area (Å²) in [6.45, 7) is 0.669. The van der Waals surface area contributed by atoms with E-state index in [2.05, 4.69) is 9.72 Å². The number of ether oxygens (including phenoxy) is 2. The zero-order chi connectivity index (χ0) is 18.7. The van der Waals surface area contributed by atoms with Crippen LogP contribution in [-0.2, 0) is 0 Å². The fourth-order valence-electron chi connectivity index (χ4n) is 2.35. The number of alkyl halides is 3. The van der Waals surface area contributed by atoms with Gasteiger partial charge in [-0.2, -0.15) is 5.26 Å². The van der Waals surface area contributed by atoms with E-state index in [0.717, 1.165) is 12.1 Å². The van der Waals surface area contributed by atoms with Crippen molar-refractivity contribution in [1.29, 1.82) is 5.26 Å². The molecule has 0 bridgehead atoms. The summed E-state index contributed by atoms with van der Waals surface area (Å²) < 4.78 is 45.7. The number of nitrogens with zero attached hydrogens (tertiary/aromatic N) is 3. The van der Waals surface area contributed by atoms with Crippen LogP contribution >= 0.6 is 0 Å². The molecule has 1 fully saturated rings. The third-order valence-electron chi connectivity index (χ3n) is 3.62. The summed E-state index contributed by atoms with van der Waals surface area (Å²) in [5, 5.41) is 8.71. The number of nitriles is 1. The molecule has 1 saturated heterocycles. The smallest absolute Gasteiger partial charge is 0.471 e. The van der Waals surface area contributed by atoms with Gasteiger partial charge in [-0.25, -0.2) is 4.98 Å². The normalized spacial score (nSPS) is 14.3. The van der Waals surface area contributed by atoms with Gasteiger partial charge in [0.15, 0.2) is 0 Å². The largest absolute Gasteiger partial charge is 0.573 e. The number of carbonyl (C=O) groups excluding carboxylic acids is 1. The Morgan fingerprint density at radius 1 is 1.19 bits per heavy atom. The lowest BCUT2D eigenvalue weighted by atomic mass is 10.1. The maximum atomic E-state index is 12.3. The van der Waals surface area contributed by atoms with E-state index in [1.807, 2.05) is 6.07 Å². The van der Waals surface area contributed by atoms with Crippen LogP contribution in [0, 0.1) is 11.3 Å². The molecule has 0 spiro atoms. The molecule has 0 atom stereocenters. The molecule has 9 heteroatoms. The molecule has 1 amide bonds. The minimum Gasteiger partial charge on any atom is -0.471 e. The second-order valence-corrected chi connectivity index (χ2v) is 5.52. The summed E-state index contributed by atoms with van der Waals surface area (Å²) in [4.78, 5) is 17.8. The molecule has 6 nitrogen and oxygen atoms in total. The van der Waals surface area contributed by atoms with Crippen molar-refractivity contribution in [2.24, 2.45) is 0 Å². The Balaban J connectivity index is 1.52. The maximum Gasteiger partial charge on any atom is 0.573 e. The zero-order valence-electron chi connectivity index (χ0n) is 13.2. The fourth-order valence-corrected chi connectivity index (χ4v) is 2.35. The lowest BCUT2D eigenvalue weighted by Gasteiger charge is -2.38. The number of hydrogen-bond acceptors (Lipinski definition) is 5. The average Bonchev–Trinajstić information content (AvgIpc) is 2.57. The topological polar surface area (TPSA) is 75.5 Å². The van der Waals surface area contributed by atoms with Crippen LogP contribution in [0.1, 0.15) is 15.9 Å². The number of hydrogen-bond donors (Lipinski definition) is 0. The first-order valence-electron chi connectivity index (χ1n) is 7.52. The molecule has 0 aliphatic carbocycles. The van der Waals surface area contributed by atoms with E-state index in [9.17, 15) is 18.0 Å². The summed E-state index contributed by atoms with van der Waals surface area (Å²) in [5.74, 6) is -0.336. The van der Waals surface area contributed by atoms with Crippen molar-refractivity contribution in [2.75, 3.05) is 13.1 Å². The van der Waals surface area contributed by atoms with E-state index in [1.165, 1.54) is 23.2 Å². The van der Waals surface area contributed by atoms with Gasteiger partial charge in [-0.15, -0.1) is 13.2 Å².